The van der Waals surface area contributed by atoms with Crippen molar-refractivity contribution in [1.29, 1.82) is 0 Å². The van der Waals surface area contributed by atoms with Crippen molar-refractivity contribution in [2.75, 3.05) is 7.05 Å². The van der Waals surface area contributed by atoms with Crippen LogP contribution in [0.5, 0.6) is 0 Å². The number of aryl methyl sites for hydroxylation is 2. The average molecular weight is 239 g/mol. The zero-order valence-corrected chi connectivity index (χ0v) is 10.6. The minimum absolute atomic E-state index is 0.207. The molecule has 0 aromatic heterocycles. The van der Waals surface area contributed by atoms with Gasteiger partial charge in [-0.2, -0.15) is 0 Å². The Kier molecular flexibility index (Phi) is 2.08. The maximum absolute atomic E-state index is 12.3. The molecule has 0 fully saturated rings. The molecule has 2 amide bonds. The van der Waals surface area contributed by atoms with E-state index in [1.165, 1.54) is 4.90 Å². The van der Waals surface area contributed by atoms with Crippen LogP contribution in [0.1, 0.15) is 31.8 Å². The molecule has 0 spiro atoms. The van der Waals surface area contributed by atoms with Crippen LogP contribution < -0.4 is 0 Å². The molecule has 0 aliphatic carbocycles. The minimum atomic E-state index is -0.207. The van der Waals surface area contributed by atoms with Gasteiger partial charge in [-0.15, -0.1) is 0 Å². The monoisotopic (exact) mass is 239 g/mol. The SMILES string of the molecule is Cc1ccc2ccc(C)c3c2c1C(=O)N(C)C3=O. The third-order valence-electron chi connectivity index (χ3n) is 3.64. The minimum Gasteiger partial charge on any atom is -0.277 e. The lowest BCUT2D eigenvalue weighted by molar-refractivity contribution is 0.0650. The molecule has 1 aliphatic rings. The second kappa shape index (κ2) is 3.42. The van der Waals surface area contributed by atoms with E-state index < -0.39 is 0 Å². The topological polar surface area (TPSA) is 37.4 Å². The molecule has 0 saturated heterocycles. The van der Waals surface area contributed by atoms with Gasteiger partial charge in [0, 0.05) is 12.4 Å². The summed E-state index contributed by atoms with van der Waals surface area (Å²) in [6.45, 7) is 3.81. The third kappa shape index (κ3) is 1.19. The summed E-state index contributed by atoms with van der Waals surface area (Å²) in [6.07, 6.45) is 0. The fraction of sp³-hybridized carbons (Fsp3) is 0.200. The van der Waals surface area contributed by atoms with Gasteiger partial charge < -0.3 is 0 Å². The second-order valence-corrected chi connectivity index (χ2v) is 4.78. The molecule has 0 atom stereocenters. The van der Waals surface area contributed by atoms with Gasteiger partial charge in [-0.25, -0.2) is 0 Å². The summed E-state index contributed by atoms with van der Waals surface area (Å²) in [7, 11) is 1.54. The first kappa shape index (κ1) is 11.0. The summed E-state index contributed by atoms with van der Waals surface area (Å²) in [6, 6.07) is 7.78. The summed E-state index contributed by atoms with van der Waals surface area (Å²) in [4.78, 5) is 25.7. The number of hydrogen-bond donors (Lipinski definition) is 0. The van der Waals surface area contributed by atoms with Crippen LogP contribution in [0.15, 0.2) is 24.3 Å². The molecule has 0 unspecified atom stereocenters. The van der Waals surface area contributed by atoms with E-state index in [4.69, 9.17) is 0 Å². The first-order valence-corrected chi connectivity index (χ1v) is 5.87. The van der Waals surface area contributed by atoms with E-state index in [1.807, 2.05) is 38.1 Å². The Morgan fingerprint density at radius 1 is 0.833 bits per heavy atom. The van der Waals surface area contributed by atoms with Crippen LogP contribution in [0.3, 0.4) is 0 Å². The van der Waals surface area contributed by atoms with Crippen LogP contribution in [0.2, 0.25) is 0 Å². The van der Waals surface area contributed by atoms with E-state index in [1.54, 1.807) is 7.05 Å². The Balaban J connectivity index is 2.60. The normalized spacial score (nSPS) is 14.5. The third-order valence-corrected chi connectivity index (χ3v) is 3.64. The van der Waals surface area contributed by atoms with Crippen LogP contribution in [-0.4, -0.2) is 23.8 Å². The Morgan fingerprint density at radius 3 is 1.72 bits per heavy atom. The maximum Gasteiger partial charge on any atom is 0.261 e. The molecule has 3 nitrogen and oxygen atoms in total. The molecule has 3 rings (SSSR count). The van der Waals surface area contributed by atoms with Crippen molar-refractivity contribution in [2.24, 2.45) is 0 Å². The van der Waals surface area contributed by atoms with E-state index >= 15 is 0 Å². The van der Waals surface area contributed by atoms with Crippen LogP contribution in [-0.2, 0) is 0 Å². The summed E-state index contributed by atoms with van der Waals surface area (Å²) >= 11 is 0. The first-order chi connectivity index (χ1) is 8.52. The van der Waals surface area contributed by atoms with E-state index in [2.05, 4.69) is 0 Å². The number of carbonyl (C=O) groups is 2. The number of carbonyl (C=O) groups excluding carboxylic acids is 2. The molecule has 0 N–H and O–H groups in total. The van der Waals surface area contributed by atoms with Gasteiger partial charge in [-0.3, -0.25) is 14.5 Å². The van der Waals surface area contributed by atoms with Gasteiger partial charge >= 0.3 is 0 Å². The lowest BCUT2D eigenvalue weighted by atomic mass is 9.89. The molecular formula is C15H13NO2. The number of amides is 2. The van der Waals surface area contributed by atoms with Crippen molar-refractivity contribution in [3.8, 4) is 0 Å². The maximum atomic E-state index is 12.3. The lowest BCUT2D eigenvalue weighted by Crippen LogP contribution is -2.37. The van der Waals surface area contributed by atoms with E-state index in [0.29, 0.717) is 11.1 Å². The Labute approximate surface area is 105 Å². The number of hydrogen-bond acceptors (Lipinski definition) is 2. The number of rotatable bonds is 0. The van der Waals surface area contributed by atoms with Gasteiger partial charge in [0.25, 0.3) is 11.8 Å². The van der Waals surface area contributed by atoms with Gasteiger partial charge in [0.05, 0.1) is 11.1 Å². The van der Waals surface area contributed by atoms with Crippen molar-refractivity contribution < 1.29 is 9.59 Å². The van der Waals surface area contributed by atoms with E-state index in [-0.39, 0.29) is 11.8 Å². The molecule has 1 aliphatic heterocycles. The van der Waals surface area contributed by atoms with E-state index in [0.717, 1.165) is 21.9 Å². The molecule has 90 valence electrons. The molecule has 2 aromatic carbocycles. The molecule has 1 heterocycles. The second-order valence-electron chi connectivity index (χ2n) is 4.78. The zero-order valence-electron chi connectivity index (χ0n) is 10.6. The smallest absolute Gasteiger partial charge is 0.261 e. The zero-order chi connectivity index (χ0) is 13.0. The number of benzene rings is 2. The Hall–Kier alpha value is -2.16. The Bertz CT molecular complexity index is 659. The number of imide groups is 1. The van der Waals surface area contributed by atoms with Crippen molar-refractivity contribution >= 4 is 22.6 Å². The van der Waals surface area contributed by atoms with Gasteiger partial charge in [0.1, 0.15) is 0 Å². The standard InChI is InChI=1S/C15H13NO2/c1-8-4-6-10-7-5-9(2)12-13(10)11(8)14(17)16(3)15(12)18/h4-7H,1-3H3. The van der Waals surface area contributed by atoms with Crippen molar-refractivity contribution in [3.05, 3.63) is 46.5 Å². The highest BCUT2D eigenvalue weighted by Crippen LogP contribution is 2.33. The largest absolute Gasteiger partial charge is 0.277 e. The van der Waals surface area contributed by atoms with Crippen molar-refractivity contribution in [1.82, 2.24) is 4.90 Å². The molecular weight excluding hydrogens is 226 g/mol. The highest BCUT2D eigenvalue weighted by molar-refractivity contribution is 6.26. The molecule has 0 bridgehead atoms. The summed E-state index contributed by atoms with van der Waals surface area (Å²) in [5.74, 6) is -0.414. The predicted molar refractivity (Wildman–Crippen MR) is 69.8 cm³/mol. The van der Waals surface area contributed by atoms with Gasteiger partial charge in [0.15, 0.2) is 0 Å². The molecule has 3 heteroatoms. The van der Waals surface area contributed by atoms with Gasteiger partial charge in [-0.1, -0.05) is 24.3 Å². The van der Waals surface area contributed by atoms with Crippen LogP contribution in [0.4, 0.5) is 0 Å². The average Bonchev–Trinajstić information content (AvgIpc) is 2.35. The summed E-state index contributed by atoms with van der Waals surface area (Å²) in [5.41, 5.74) is 3.15. The van der Waals surface area contributed by atoms with Crippen LogP contribution in [0.25, 0.3) is 10.8 Å². The lowest BCUT2D eigenvalue weighted by Gasteiger charge is -2.26. The van der Waals surface area contributed by atoms with Crippen LogP contribution in [0, 0.1) is 13.8 Å². The fourth-order valence-electron chi connectivity index (χ4n) is 2.61. The first-order valence-electron chi connectivity index (χ1n) is 5.87. The Morgan fingerprint density at radius 2 is 1.28 bits per heavy atom. The van der Waals surface area contributed by atoms with Crippen LogP contribution >= 0.6 is 0 Å². The summed E-state index contributed by atoms with van der Waals surface area (Å²) < 4.78 is 0. The van der Waals surface area contributed by atoms with E-state index in [9.17, 15) is 9.59 Å². The molecule has 18 heavy (non-hydrogen) atoms. The fourth-order valence-corrected chi connectivity index (χ4v) is 2.61. The molecule has 0 saturated carbocycles. The summed E-state index contributed by atoms with van der Waals surface area (Å²) in [5, 5.41) is 1.76. The van der Waals surface area contributed by atoms with Crippen molar-refractivity contribution in [2.45, 2.75) is 13.8 Å². The molecule has 2 aromatic rings. The predicted octanol–water partition coefficient (Wildman–Crippen LogP) is 2.68. The highest BCUT2D eigenvalue weighted by Gasteiger charge is 2.32. The highest BCUT2D eigenvalue weighted by atomic mass is 16.2. The quantitative estimate of drug-likeness (QED) is 0.663. The van der Waals surface area contributed by atoms with Gasteiger partial charge in [-0.05, 0) is 30.4 Å². The van der Waals surface area contributed by atoms with Gasteiger partial charge in [0.2, 0.25) is 0 Å². The van der Waals surface area contributed by atoms with Crippen molar-refractivity contribution in [3.63, 3.8) is 0 Å². The number of nitrogens with zero attached hydrogens (tertiary/aromatic N) is 1. The molecule has 0 radical (unpaired) electrons.